The SMILES string of the molecule is C=C1COC1=O.[NaH]. The molecule has 0 saturated carbocycles. The van der Waals surface area contributed by atoms with Crippen molar-refractivity contribution in [3.8, 4) is 0 Å². The van der Waals surface area contributed by atoms with Crippen LogP contribution in [0.3, 0.4) is 0 Å². The number of esters is 1. The van der Waals surface area contributed by atoms with E-state index in [4.69, 9.17) is 0 Å². The molecule has 1 aliphatic heterocycles. The second-order valence-electron chi connectivity index (χ2n) is 1.18. The van der Waals surface area contributed by atoms with E-state index in [-0.39, 0.29) is 35.5 Å². The van der Waals surface area contributed by atoms with Gasteiger partial charge in [0.1, 0.15) is 6.61 Å². The average molecular weight is 108 g/mol. The maximum absolute atomic E-state index is 9.91. The molecule has 1 heterocycles. The monoisotopic (exact) mass is 108 g/mol. The van der Waals surface area contributed by atoms with Gasteiger partial charge in [-0.3, -0.25) is 0 Å². The molecule has 0 aromatic carbocycles. The molecule has 2 nitrogen and oxygen atoms in total. The number of rotatable bonds is 0. The van der Waals surface area contributed by atoms with E-state index in [1.807, 2.05) is 0 Å². The van der Waals surface area contributed by atoms with Crippen LogP contribution in [0.4, 0.5) is 0 Å². The first kappa shape index (κ1) is 7.21. The quantitative estimate of drug-likeness (QED) is 0.236. The first-order valence-corrected chi connectivity index (χ1v) is 1.65. The minimum atomic E-state index is -0.255. The number of hydrogen-bond acceptors (Lipinski definition) is 2. The summed E-state index contributed by atoms with van der Waals surface area (Å²) in [5, 5.41) is 0. The third kappa shape index (κ3) is 1.30. The number of ether oxygens (including phenoxy) is 1. The second-order valence-corrected chi connectivity index (χ2v) is 1.18. The summed E-state index contributed by atoms with van der Waals surface area (Å²) in [7, 11) is 0. The van der Waals surface area contributed by atoms with E-state index < -0.39 is 0 Å². The van der Waals surface area contributed by atoms with Crippen LogP contribution in [0, 0.1) is 0 Å². The zero-order valence-electron chi connectivity index (χ0n) is 3.23. The fourth-order valence-corrected chi connectivity index (χ4v) is 0.233. The van der Waals surface area contributed by atoms with Crippen molar-refractivity contribution >= 4 is 35.5 Å². The number of carbonyl (C=O) groups is 1. The van der Waals surface area contributed by atoms with Gasteiger partial charge in [0.05, 0.1) is 5.57 Å². The Kier molecular flexibility index (Phi) is 2.58. The molecule has 0 bridgehead atoms. The summed E-state index contributed by atoms with van der Waals surface area (Å²) < 4.78 is 4.30. The van der Waals surface area contributed by atoms with Crippen molar-refractivity contribution in [1.82, 2.24) is 0 Å². The predicted molar refractivity (Wildman–Crippen MR) is 27.2 cm³/mol. The van der Waals surface area contributed by atoms with Gasteiger partial charge in [0, 0.05) is 0 Å². The molecule has 34 valence electrons. The molecule has 0 unspecified atom stereocenters. The van der Waals surface area contributed by atoms with E-state index in [0.717, 1.165) is 0 Å². The zero-order chi connectivity index (χ0) is 4.57. The summed E-state index contributed by atoms with van der Waals surface area (Å²) in [5.74, 6) is -0.255. The molecule has 1 aliphatic rings. The van der Waals surface area contributed by atoms with Gasteiger partial charge in [0.2, 0.25) is 0 Å². The molecule has 1 fully saturated rings. The molecule has 0 N–H and O–H groups in total. The molecule has 7 heavy (non-hydrogen) atoms. The Morgan fingerprint density at radius 1 is 1.71 bits per heavy atom. The molecule has 0 atom stereocenters. The molecule has 0 aliphatic carbocycles. The standard InChI is InChI=1S/C4H4O2.Na.H/c1-3-2-6-4(3)5;;/h1-2H2;;. The number of cyclic esters (lactones) is 1. The van der Waals surface area contributed by atoms with Crippen LogP contribution < -0.4 is 0 Å². The first-order valence-electron chi connectivity index (χ1n) is 1.65. The van der Waals surface area contributed by atoms with E-state index in [9.17, 15) is 4.79 Å². The fourth-order valence-electron chi connectivity index (χ4n) is 0.233. The van der Waals surface area contributed by atoms with Crippen molar-refractivity contribution in [2.24, 2.45) is 0 Å². The van der Waals surface area contributed by atoms with Crippen molar-refractivity contribution in [2.45, 2.75) is 0 Å². The number of hydrogen-bond donors (Lipinski definition) is 0. The van der Waals surface area contributed by atoms with Crippen molar-refractivity contribution in [2.75, 3.05) is 6.61 Å². The average Bonchev–Trinajstić information content (AvgIpc) is 1.61. The molecule has 0 aromatic heterocycles. The topological polar surface area (TPSA) is 26.3 Å². The third-order valence-electron chi connectivity index (χ3n) is 0.666. The van der Waals surface area contributed by atoms with E-state index in [1.165, 1.54) is 0 Å². The van der Waals surface area contributed by atoms with Crippen LogP contribution in [0.5, 0.6) is 0 Å². The molecule has 3 heteroatoms. The summed E-state index contributed by atoms with van der Waals surface area (Å²) >= 11 is 0. The van der Waals surface area contributed by atoms with Crippen LogP contribution in [0.25, 0.3) is 0 Å². The van der Waals surface area contributed by atoms with Crippen molar-refractivity contribution in [3.05, 3.63) is 12.2 Å². The molecule has 0 aromatic rings. The summed E-state index contributed by atoms with van der Waals surface area (Å²) in [4.78, 5) is 9.91. The molecular formula is C4H5NaO2. The van der Waals surface area contributed by atoms with Gasteiger partial charge in [-0.05, 0) is 0 Å². The van der Waals surface area contributed by atoms with Crippen LogP contribution in [-0.4, -0.2) is 42.1 Å². The maximum atomic E-state index is 9.91. The van der Waals surface area contributed by atoms with E-state index in [0.29, 0.717) is 12.2 Å². The van der Waals surface area contributed by atoms with Gasteiger partial charge in [0.15, 0.2) is 0 Å². The van der Waals surface area contributed by atoms with Crippen LogP contribution >= 0.6 is 0 Å². The van der Waals surface area contributed by atoms with Crippen molar-refractivity contribution in [1.29, 1.82) is 0 Å². The normalized spacial score (nSPS) is 16.6. The predicted octanol–water partition coefficient (Wildman–Crippen LogP) is -0.549. The molecule has 0 spiro atoms. The van der Waals surface area contributed by atoms with Gasteiger partial charge < -0.3 is 4.74 Å². The Hall–Kier alpha value is 0.210. The Morgan fingerprint density at radius 3 is 2.14 bits per heavy atom. The minimum absolute atomic E-state index is 0. The van der Waals surface area contributed by atoms with E-state index in [2.05, 4.69) is 11.3 Å². The van der Waals surface area contributed by atoms with Crippen LogP contribution in [0.1, 0.15) is 0 Å². The Morgan fingerprint density at radius 2 is 2.14 bits per heavy atom. The molecule has 0 radical (unpaired) electrons. The summed E-state index contributed by atoms with van der Waals surface area (Å²) in [6.45, 7) is 3.80. The first-order chi connectivity index (χ1) is 2.80. The molecular weight excluding hydrogens is 103 g/mol. The van der Waals surface area contributed by atoms with Gasteiger partial charge in [-0.25, -0.2) is 4.79 Å². The van der Waals surface area contributed by atoms with Crippen LogP contribution in [-0.2, 0) is 9.53 Å². The molecule has 1 saturated heterocycles. The Bertz CT molecular complexity index is 94.3. The fraction of sp³-hybridized carbons (Fsp3) is 0.250. The summed E-state index contributed by atoms with van der Waals surface area (Å²) in [6.07, 6.45) is 0. The third-order valence-corrected chi connectivity index (χ3v) is 0.666. The van der Waals surface area contributed by atoms with Crippen molar-refractivity contribution in [3.63, 3.8) is 0 Å². The van der Waals surface area contributed by atoms with Crippen LogP contribution in [0.2, 0.25) is 0 Å². The second kappa shape index (κ2) is 2.50. The van der Waals surface area contributed by atoms with E-state index in [1.54, 1.807) is 0 Å². The summed E-state index contributed by atoms with van der Waals surface area (Å²) in [5.41, 5.74) is 0.579. The molecule has 1 rings (SSSR count). The summed E-state index contributed by atoms with van der Waals surface area (Å²) in [6, 6.07) is 0. The van der Waals surface area contributed by atoms with Crippen molar-refractivity contribution < 1.29 is 9.53 Å². The van der Waals surface area contributed by atoms with Crippen LogP contribution in [0.15, 0.2) is 12.2 Å². The van der Waals surface area contributed by atoms with Gasteiger partial charge in [-0.2, -0.15) is 0 Å². The Labute approximate surface area is 63.8 Å². The molecule has 0 amide bonds. The van der Waals surface area contributed by atoms with Gasteiger partial charge >= 0.3 is 35.5 Å². The van der Waals surface area contributed by atoms with Gasteiger partial charge in [-0.15, -0.1) is 0 Å². The Balaban J connectivity index is 0.000000360. The van der Waals surface area contributed by atoms with Gasteiger partial charge in [-0.1, -0.05) is 6.58 Å². The van der Waals surface area contributed by atoms with E-state index >= 15 is 0 Å². The van der Waals surface area contributed by atoms with Gasteiger partial charge in [0.25, 0.3) is 0 Å². The zero-order valence-corrected chi connectivity index (χ0v) is 3.23. The number of carbonyl (C=O) groups excluding carboxylic acids is 1.